The van der Waals surface area contributed by atoms with Gasteiger partial charge in [0.15, 0.2) is 0 Å². The highest BCUT2D eigenvalue weighted by molar-refractivity contribution is 5.87. The van der Waals surface area contributed by atoms with Crippen molar-refractivity contribution < 1.29 is 23.0 Å². The van der Waals surface area contributed by atoms with Gasteiger partial charge in [0, 0.05) is 159 Å². The van der Waals surface area contributed by atoms with Crippen LogP contribution in [0.5, 0.6) is 11.5 Å². The van der Waals surface area contributed by atoms with E-state index in [0.29, 0.717) is 98.8 Å². The second-order valence-electron chi connectivity index (χ2n) is 20.1. The maximum Gasteiger partial charge on any atom is 0.145 e. The van der Waals surface area contributed by atoms with E-state index < -0.39 is 5.82 Å². The van der Waals surface area contributed by atoms with Crippen molar-refractivity contribution in [3.8, 4) is 56.3 Å². The highest BCUT2D eigenvalue weighted by Crippen LogP contribution is 2.43. The Hall–Kier alpha value is -10.1. The van der Waals surface area contributed by atoms with Crippen LogP contribution in [-0.2, 0) is 25.4 Å². The number of pyridine rings is 2. The molecule has 12 rings (SSSR count). The van der Waals surface area contributed by atoms with Crippen LogP contribution in [0.15, 0.2) is 153 Å². The Morgan fingerprint density at radius 3 is 1.59 bits per heavy atom. The van der Waals surface area contributed by atoms with Crippen LogP contribution in [0.4, 0.5) is 66.2 Å². The average Bonchev–Trinajstić information content (AvgIpc) is 4.26. The van der Waals surface area contributed by atoms with Crippen LogP contribution in [0.2, 0.25) is 0 Å². The summed E-state index contributed by atoms with van der Waals surface area (Å²) >= 11 is 0. The lowest BCUT2D eigenvalue weighted by Crippen LogP contribution is -2.44. The molecule has 0 radical (unpaired) electrons. The molecular formula is C61H59F2N17O3. The number of aromatic nitrogens is 10. The Balaban J connectivity index is 0.781. The Morgan fingerprint density at radius 2 is 1.05 bits per heavy atom. The van der Waals surface area contributed by atoms with Crippen molar-refractivity contribution >= 4 is 57.4 Å². The summed E-state index contributed by atoms with van der Waals surface area (Å²) in [6.07, 6.45) is 13.8. The first-order chi connectivity index (χ1) is 40.5. The largest absolute Gasteiger partial charge is 0.494 e. The van der Waals surface area contributed by atoms with Gasteiger partial charge in [-0.3, -0.25) is 19.3 Å². The number of halogens is 2. The van der Waals surface area contributed by atoms with Gasteiger partial charge < -0.3 is 50.2 Å². The number of nitrogens with one attached hydrogen (secondary N) is 4. The molecule has 0 spiro atoms. The van der Waals surface area contributed by atoms with E-state index in [4.69, 9.17) is 14.2 Å². The van der Waals surface area contributed by atoms with Gasteiger partial charge in [-0.15, -0.1) is 0 Å². The molecule has 0 saturated carbocycles. The molecule has 8 heterocycles. The molecule has 0 unspecified atom stereocenters. The van der Waals surface area contributed by atoms with Gasteiger partial charge in [0.05, 0.1) is 55.5 Å². The van der Waals surface area contributed by atoms with Crippen LogP contribution in [-0.4, -0.2) is 121 Å². The fourth-order valence-electron chi connectivity index (χ4n) is 10.1. The maximum absolute atomic E-state index is 16.4. The summed E-state index contributed by atoms with van der Waals surface area (Å²) in [5.74, 6) is 2.30. The molecule has 4 aromatic carbocycles. The Morgan fingerprint density at radius 1 is 0.518 bits per heavy atom. The third kappa shape index (κ3) is 12.3. The monoisotopic (exact) mass is 1120 g/mol. The van der Waals surface area contributed by atoms with Crippen molar-refractivity contribution in [1.82, 2.24) is 54.4 Å². The fourth-order valence-corrected chi connectivity index (χ4v) is 10.1. The molecule has 0 bridgehead atoms. The van der Waals surface area contributed by atoms with Crippen molar-refractivity contribution in [2.75, 3.05) is 97.7 Å². The van der Waals surface area contributed by atoms with Crippen molar-refractivity contribution in [3.63, 3.8) is 0 Å². The smallest absolute Gasteiger partial charge is 0.145 e. The minimum atomic E-state index is -0.469. The van der Waals surface area contributed by atoms with Crippen LogP contribution in [0, 0.1) is 11.6 Å². The molecular weight excluding hydrogens is 1060 g/mol. The lowest BCUT2D eigenvalue weighted by Gasteiger charge is -2.35. The number of nitrogens with zero attached hydrogens (tertiary/aromatic N) is 13. The third-order valence-electron chi connectivity index (χ3n) is 14.4. The summed E-state index contributed by atoms with van der Waals surface area (Å²) in [5.41, 5.74) is 10.6. The lowest BCUT2D eigenvalue weighted by atomic mass is 10.0. The van der Waals surface area contributed by atoms with Crippen molar-refractivity contribution in [1.29, 1.82) is 0 Å². The Bertz CT molecular complexity index is 3940. The molecule has 2 aliphatic rings. The fraction of sp³-hybridized carbons (Fsp3) is 0.213. The highest BCUT2D eigenvalue weighted by atomic mass is 19.1. The number of rotatable bonds is 18. The van der Waals surface area contributed by atoms with E-state index in [1.165, 1.54) is 24.8 Å². The summed E-state index contributed by atoms with van der Waals surface area (Å²) in [6, 6.07) is 30.3. The van der Waals surface area contributed by atoms with Gasteiger partial charge in [-0.25, -0.2) is 28.7 Å². The molecule has 4 N–H and O–H groups in total. The SMILES string of the molecule is COc1cc(N2CCOCC2)c(-c2cnn(C)c2)cc1Nc1cc(Nc2ccnc(-c3ccc(COc4cc(N5CCN(C)CC5)c(-c5cnn(C)c5)cc4Nc4cc(Nc5ccnc(-c6ccccc6F)c5)ncn4)cc3F)c2)ncn1. The molecule has 20 nitrogen and oxygen atoms in total. The summed E-state index contributed by atoms with van der Waals surface area (Å²) < 4.78 is 53.0. The van der Waals surface area contributed by atoms with Gasteiger partial charge in [0.1, 0.15) is 65.7 Å². The van der Waals surface area contributed by atoms with Crippen molar-refractivity contribution in [3.05, 3.63) is 170 Å². The zero-order valence-electron chi connectivity index (χ0n) is 46.1. The normalized spacial score (nSPS) is 13.7. The van der Waals surface area contributed by atoms with E-state index >= 15 is 4.39 Å². The van der Waals surface area contributed by atoms with E-state index in [-0.39, 0.29) is 12.4 Å². The molecule has 22 heteroatoms. The predicted octanol–water partition coefficient (Wildman–Crippen LogP) is 10.6. The summed E-state index contributed by atoms with van der Waals surface area (Å²) in [6.45, 7) is 6.19. The van der Waals surface area contributed by atoms with Crippen molar-refractivity contribution in [2.24, 2.45) is 14.1 Å². The zero-order valence-corrected chi connectivity index (χ0v) is 46.1. The van der Waals surface area contributed by atoms with Gasteiger partial charge >= 0.3 is 0 Å². The van der Waals surface area contributed by atoms with Crippen LogP contribution < -0.4 is 40.5 Å². The molecule has 0 aliphatic carbocycles. The molecule has 10 aromatic rings. The van der Waals surface area contributed by atoms with E-state index in [1.807, 2.05) is 69.2 Å². The number of aryl methyl sites for hydroxylation is 2. The van der Waals surface area contributed by atoms with Crippen LogP contribution in [0.25, 0.3) is 44.8 Å². The number of likely N-dealkylation sites (N-methyl/N-ethyl adjacent to an activating group) is 1. The van der Waals surface area contributed by atoms with Crippen LogP contribution >= 0.6 is 0 Å². The maximum atomic E-state index is 16.4. The third-order valence-corrected chi connectivity index (χ3v) is 14.4. The summed E-state index contributed by atoms with van der Waals surface area (Å²) in [5, 5.41) is 22.5. The number of piperazine rings is 1. The Kier molecular flexibility index (Phi) is 15.5. The number of benzene rings is 4. The molecule has 2 aliphatic heterocycles. The highest BCUT2D eigenvalue weighted by Gasteiger charge is 2.24. The topological polar surface area (TPSA) is 199 Å². The van der Waals surface area contributed by atoms with Crippen LogP contribution in [0.1, 0.15) is 5.56 Å². The number of morpholine rings is 1. The minimum Gasteiger partial charge on any atom is -0.494 e. The van der Waals surface area contributed by atoms with Gasteiger partial charge in [0.2, 0.25) is 0 Å². The molecule has 6 aromatic heterocycles. The Labute approximate surface area is 477 Å². The number of ether oxygens (including phenoxy) is 3. The molecule has 83 heavy (non-hydrogen) atoms. The number of anilines is 10. The van der Waals surface area contributed by atoms with E-state index in [1.54, 1.807) is 89.5 Å². The first-order valence-corrected chi connectivity index (χ1v) is 27.0. The van der Waals surface area contributed by atoms with E-state index in [9.17, 15) is 4.39 Å². The van der Waals surface area contributed by atoms with Crippen LogP contribution in [0.3, 0.4) is 0 Å². The molecule has 0 atom stereocenters. The quantitative estimate of drug-likeness (QED) is 0.0632. The first kappa shape index (κ1) is 53.6. The lowest BCUT2D eigenvalue weighted by molar-refractivity contribution is 0.122. The summed E-state index contributed by atoms with van der Waals surface area (Å²) in [7, 11) is 7.55. The second kappa shape index (κ2) is 24.0. The first-order valence-electron chi connectivity index (χ1n) is 27.0. The van der Waals surface area contributed by atoms with Gasteiger partial charge in [-0.05, 0) is 73.3 Å². The number of hydrogen-bond acceptors (Lipinski definition) is 18. The standard InChI is InChI=1S/C61H59F2N17O3/c1-76-15-17-79(18-16-76)55-29-57(53(27-47(55)41-33-71-78(3)35-41)75-61-31-59(67-38-69-61)72-42-11-13-64-50(24-42)44-7-5-6-8-48(44)62)83-36-39-9-10-45(49(63)23-39)51-25-43(12-14-65-51)73-58-30-60(68-37-66-58)74-52-26-46(40-32-70-77(2)34-40)54(28-56(52)81-4)80-19-21-82-22-20-80/h5-14,23-35,37-38H,15-22,36H2,1-4H3,(H2,64,67,69,72,75)(H2,65,66,68,73,74). The van der Waals surface area contributed by atoms with Gasteiger partial charge in [0.25, 0.3) is 0 Å². The average molecular weight is 1120 g/mol. The molecule has 2 fully saturated rings. The number of methoxy groups -OCH3 is 1. The van der Waals surface area contributed by atoms with E-state index in [2.05, 4.69) is 83.1 Å². The molecule has 0 amide bonds. The van der Waals surface area contributed by atoms with Crippen molar-refractivity contribution in [2.45, 2.75) is 6.61 Å². The molecule has 2 saturated heterocycles. The summed E-state index contributed by atoms with van der Waals surface area (Å²) in [4.78, 5) is 34.0. The zero-order chi connectivity index (χ0) is 56.8. The van der Waals surface area contributed by atoms with E-state index in [0.717, 1.165) is 72.9 Å². The molecule has 420 valence electrons. The minimum absolute atomic E-state index is 0.0387. The second-order valence-corrected chi connectivity index (χ2v) is 20.1. The van der Waals surface area contributed by atoms with Gasteiger partial charge in [-0.1, -0.05) is 18.2 Å². The predicted molar refractivity (Wildman–Crippen MR) is 317 cm³/mol. The van der Waals surface area contributed by atoms with Gasteiger partial charge in [-0.2, -0.15) is 10.2 Å². The number of hydrogen-bond donors (Lipinski definition) is 4.